The summed E-state index contributed by atoms with van der Waals surface area (Å²) in [6.45, 7) is 5.81. The summed E-state index contributed by atoms with van der Waals surface area (Å²) in [7, 11) is 0. The van der Waals surface area contributed by atoms with E-state index in [0.717, 1.165) is 115 Å². The van der Waals surface area contributed by atoms with Gasteiger partial charge in [-0.2, -0.15) is 0 Å². The quantitative estimate of drug-likeness (QED) is 0.124. The van der Waals surface area contributed by atoms with E-state index in [9.17, 15) is 18.3 Å². The minimum atomic E-state index is -4.71. The monoisotopic (exact) mass is 894 g/mol. The number of hydrogen-bond donors (Lipinski definition) is 1. The van der Waals surface area contributed by atoms with E-state index < -0.39 is 6.36 Å². The second kappa shape index (κ2) is 22.5. The molecular weight excluding hydrogens is 834 g/mol. The van der Waals surface area contributed by atoms with Crippen molar-refractivity contribution in [2.24, 2.45) is 11.8 Å². The van der Waals surface area contributed by atoms with Gasteiger partial charge in [-0.1, -0.05) is 24.3 Å². The zero-order valence-corrected chi connectivity index (χ0v) is 37.0. The fourth-order valence-corrected chi connectivity index (χ4v) is 9.01. The van der Waals surface area contributed by atoms with E-state index in [2.05, 4.69) is 63.1 Å². The summed E-state index contributed by atoms with van der Waals surface area (Å²) in [5.74, 6) is 4.24. The molecule has 0 saturated carbocycles. The Kier molecular flexibility index (Phi) is 15.9. The molecule has 65 heavy (non-hydrogen) atoms. The van der Waals surface area contributed by atoms with Gasteiger partial charge < -0.3 is 43.3 Å². The van der Waals surface area contributed by atoms with Crippen molar-refractivity contribution in [2.75, 3.05) is 49.2 Å². The first-order chi connectivity index (χ1) is 31.7. The molecule has 4 aliphatic heterocycles. The highest BCUT2D eigenvalue weighted by Gasteiger charge is 2.31. The molecule has 0 amide bonds. The molecule has 4 saturated heterocycles. The van der Waals surface area contributed by atoms with E-state index in [1.165, 1.54) is 66.0 Å². The maximum absolute atomic E-state index is 12.3. The summed E-state index contributed by atoms with van der Waals surface area (Å²) >= 11 is 0. The number of nitrogens with zero attached hydrogens (tertiary/aromatic N) is 2. The van der Waals surface area contributed by atoms with Crippen LogP contribution >= 0.6 is 0 Å². The third-order valence-electron chi connectivity index (χ3n) is 12.6. The molecule has 346 valence electrons. The molecule has 2 unspecified atom stereocenters. The summed E-state index contributed by atoms with van der Waals surface area (Å²) in [4.78, 5) is 4.90. The van der Waals surface area contributed by atoms with E-state index >= 15 is 0 Å². The number of piperidine rings is 2. The highest BCUT2D eigenvalue weighted by molar-refractivity contribution is 5.50. The van der Waals surface area contributed by atoms with Gasteiger partial charge in [0, 0.05) is 50.4 Å². The highest BCUT2D eigenvalue weighted by atomic mass is 19.4. The summed E-state index contributed by atoms with van der Waals surface area (Å²) in [5, 5.41) is 9.41. The first kappa shape index (κ1) is 46.0. The molecule has 2 atom stereocenters. The molecular formula is C53H61F3N2O7. The Hall–Kier alpha value is -5.59. The molecule has 0 radical (unpaired) electrons. The van der Waals surface area contributed by atoms with Gasteiger partial charge in [-0.3, -0.25) is 0 Å². The molecule has 1 N–H and O–H groups in total. The Labute approximate surface area is 381 Å². The first-order valence-electron chi connectivity index (χ1n) is 23.3. The van der Waals surface area contributed by atoms with Gasteiger partial charge in [0.2, 0.25) is 0 Å². The molecule has 0 bridgehead atoms. The maximum atomic E-state index is 12.3. The number of hydrogen-bond acceptors (Lipinski definition) is 9. The van der Waals surface area contributed by atoms with Crippen molar-refractivity contribution in [1.82, 2.24) is 0 Å². The summed E-state index contributed by atoms with van der Waals surface area (Å²) in [6, 6.07) is 37.7. The van der Waals surface area contributed by atoms with E-state index in [4.69, 9.17) is 23.7 Å². The van der Waals surface area contributed by atoms with Crippen LogP contribution in [-0.4, -0.2) is 63.4 Å². The van der Waals surface area contributed by atoms with Crippen LogP contribution in [0.25, 0.3) is 0 Å². The maximum Gasteiger partial charge on any atom is 0.573 e. The van der Waals surface area contributed by atoms with Crippen LogP contribution < -0.4 is 28.7 Å². The largest absolute Gasteiger partial charge is 0.573 e. The lowest BCUT2D eigenvalue weighted by molar-refractivity contribution is -0.274. The number of phenols is 1. The Morgan fingerprint density at radius 2 is 0.862 bits per heavy atom. The molecule has 4 fully saturated rings. The number of ether oxygens (including phenoxy) is 6. The van der Waals surface area contributed by atoms with Crippen LogP contribution in [0.4, 0.5) is 24.5 Å². The lowest BCUT2D eigenvalue weighted by Gasteiger charge is -2.34. The fraction of sp³-hybridized carbons (Fsp3) is 0.434. The zero-order valence-electron chi connectivity index (χ0n) is 37.0. The smallest absolute Gasteiger partial charge is 0.508 e. The van der Waals surface area contributed by atoms with Crippen LogP contribution in [0, 0.1) is 11.8 Å². The van der Waals surface area contributed by atoms with Crippen molar-refractivity contribution >= 4 is 11.4 Å². The molecule has 5 aromatic rings. The lowest BCUT2D eigenvalue weighted by Crippen LogP contribution is -2.34. The first-order valence-corrected chi connectivity index (χ1v) is 23.3. The van der Waals surface area contributed by atoms with E-state index in [1.807, 2.05) is 36.4 Å². The van der Waals surface area contributed by atoms with Crippen LogP contribution in [0.1, 0.15) is 75.3 Å². The van der Waals surface area contributed by atoms with Crippen molar-refractivity contribution in [2.45, 2.75) is 96.0 Å². The number of phenolic OH excluding ortho intramolecular Hbond substituents is 1. The number of rotatable bonds is 13. The third kappa shape index (κ3) is 14.5. The number of alkyl halides is 3. The van der Waals surface area contributed by atoms with Crippen molar-refractivity contribution in [3.63, 3.8) is 0 Å². The normalized spacial score (nSPS) is 19.7. The molecule has 9 rings (SSSR count). The average molecular weight is 895 g/mol. The van der Waals surface area contributed by atoms with E-state index in [0.29, 0.717) is 23.2 Å². The van der Waals surface area contributed by atoms with Crippen molar-refractivity contribution in [3.8, 4) is 34.5 Å². The van der Waals surface area contributed by atoms with Gasteiger partial charge in [0.15, 0.2) is 12.6 Å². The van der Waals surface area contributed by atoms with Crippen LogP contribution in [0.3, 0.4) is 0 Å². The molecule has 5 aromatic carbocycles. The molecule has 0 aliphatic carbocycles. The number of anilines is 2. The molecule has 12 heteroatoms. The van der Waals surface area contributed by atoms with Crippen molar-refractivity contribution in [3.05, 3.63) is 132 Å². The predicted octanol–water partition coefficient (Wildman–Crippen LogP) is 12.5. The minimum absolute atomic E-state index is 0.0831. The Bertz CT molecular complexity index is 2140. The van der Waals surface area contributed by atoms with Gasteiger partial charge >= 0.3 is 6.36 Å². The van der Waals surface area contributed by atoms with Gasteiger partial charge in [0.1, 0.15) is 34.5 Å². The molecule has 4 aliphatic rings. The zero-order chi connectivity index (χ0) is 44.9. The van der Waals surface area contributed by atoms with Gasteiger partial charge in [0.25, 0.3) is 0 Å². The number of aromatic hydroxyl groups is 1. The standard InChI is InChI=1S/C30H32F3NO4.C23H29NO3/c31-30(32,33)38-28-14-12-26(13-15-28)36-25-8-4-22(5-9-25)21-23-16-18-34(19-17-23)24-6-10-27(11-7-24)37-29-3-1-2-20-35-29;25-21-8-4-18(5-9-21)17-19-12-14-24(15-13-19)20-6-10-22(11-7-20)27-23-3-1-2-16-26-23/h4-15,23,29H,1-3,16-21H2;4-11,19,23,25H,1-3,12-17H2. The number of halogens is 3. The molecule has 0 aromatic heterocycles. The lowest BCUT2D eigenvalue weighted by atomic mass is 9.90. The fourth-order valence-electron chi connectivity index (χ4n) is 9.01. The van der Waals surface area contributed by atoms with Gasteiger partial charge in [0.05, 0.1) is 13.2 Å². The highest BCUT2D eigenvalue weighted by Crippen LogP contribution is 2.32. The van der Waals surface area contributed by atoms with Crippen LogP contribution in [0.15, 0.2) is 121 Å². The van der Waals surface area contributed by atoms with Crippen LogP contribution in [0.2, 0.25) is 0 Å². The van der Waals surface area contributed by atoms with E-state index in [-0.39, 0.29) is 18.3 Å². The van der Waals surface area contributed by atoms with Gasteiger partial charge in [-0.25, -0.2) is 0 Å². The molecule has 0 spiro atoms. The van der Waals surface area contributed by atoms with Gasteiger partial charge in [-0.15, -0.1) is 13.2 Å². The SMILES string of the molecule is FC(F)(F)Oc1ccc(Oc2ccc(CC3CCN(c4ccc(OC5CCCCO5)cc4)CC3)cc2)cc1.Oc1ccc(CC2CCN(c3ccc(OC4CCCCO4)cc3)CC2)cc1. The van der Waals surface area contributed by atoms with Crippen LogP contribution in [0.5, 0.6) is 34.5 Å². The predicted molar refractivity (Wildman–Crippen MR) is 246 cm³/mol. The summed E-state index contributed by atoms with van der Waals surface area (Å²) < 4.78 is 69.8. The van der Waals surface area contributed by atoms with Gasteiger partial charge in [-0.05, 0) is 184 Å². The molecule has 4 heterocycles. The van der Waals surface area contributed by atoms with E-state index in [1.54, 1.807) is 12.1 Å². The van der Waals surface area contributed by atoms with Crippen LogP contribution in [-0.2, 0) is 22.3 Å². The van der Waals surface area contributed by atoms with Crippen molar-refractivity contribution in [1.29, 1.82) is 0 Å². The third-order valence-corrected chi connectivity index (χ3v) is 12.6. The Morgan fingerprint density at radius 1 is 0.477 bits per heavy atom. The summed E-state index contributed by atoms with van der Waals surface area (Å²) in [5.41, 5.74) is 5.06. The molecule has 9 nitrogen and oxygen atoms in total. The average Bonchev–Trinajstić information content (AvgIpc) is 3.33. The number of benzene rings is 5. The Balaban J connectivity index is 0.000000188. The Morgan fingerprint density at radius 3 is 1.26 bits per heavy atom. The van der Waals surface area contributed by atoms with Crippen molar-refractivity contribution < 1.29 is 46.7 Å². The minimum Gasteiger partial charge on any atom is -0.508 e. The topological polar surface area (TPSA) is 82.1 Å². The summed E-state index contributed by atoms with van der Waals surface area (Å²) in [6.07, 6.45) is 8.36. The second-order valence-electron chi connectivity index (χ2n) is 17.5. The second-order valence-corrected chi connectivity index (χ2v) is 17.5.